The molecule has 2 saturated heterocycles. The van der Waals surface area contributed by atoms with Crippen molar-refractivity contribution in [2.75, 3.05) is 19.6 Å². The van der Waals surface area contributed by atoms with Gasteiger partial charge in [-0.15, -0.1) is 0 Å². The molecule has 0 aliphatic carbocycles. The maximum absolute atomic E-state index is 14.0. The lowest BCUT2D eigenvalue weighted by atomic mass is 9.78. The lowest BCUT2D eigenvalue weighted by Crippen LogP contribution is -2.50. The largest absolute Gasteiger partial charge is 0.472 e. The summed E-state index contributed by atoms with van der Waals surface area (Å²) in [5.74, 6) is -0.354. The number of nitrogens with zero attached hydrogens (tertiary/aromatic N) is 2. The Kier molecular flexibility index (Phi) is 4.26. The average Bonchev–Trinajstić information content (AvgIpc) is 3.31. The number of piperidine rings is 1. The highest BCUT2D eigenvalue weighted by Gasteiger charge is 2.49. The van der Waals surface area contributed by atoms with Crippen LogP contribution in [0.4, 0.5) is 4.39 Å². The average molecular weight is 356 g/mol. The van der Waals surface area contributed by atoms with E-state index < -0.39 is 5.41 Å². The summed E-state index contributed by atoms with van der Waals surface area (Å²) in [6, 6.07) is 8.20. The van der Waals surface area contributed by atoms with Gasteiger partial charge in [-0.25, -0.2) is 4.39 Å². The van der Waals surface area contributed by atoms with Crippen LogP contribution in [0.15, 0.2) is 47.3 Å². The summed E-state index contributed by atoms with van der Waals surface area (Å²) in [5.41, 5.74) is 0.499. The molecule has 0 radical (unpaired) electrons. The van der Waals surface area contributed by atoms with Gasteiger partial charge >= 0.3 is 0 Å². The summed E-state index contributed by atoms with van der Waals surface area (Å²) >= 11 is 0. The number of furan rings is 1. The van der Waals surface area contributed by atoms with Gasteiger partial charge in [0.25, 0.3) is 5.91 Å². The summed E-state index contributed by atoms with van der Waals surface area (Å²) in [6.07, 6.45) is 5.20. The first-order valence-corrected chi connectivity index (χ1v) is 8.93. The number of hydrogen-bond acceptors (Lipinski definition) is 3. The SMILES string of the molecule is O=C(c1ccoc1)N1CC[C@]2(CCCN(Cc3ccccc3F)C2=O)C1. The van der Waals surface area contributed by atoms with E-state index in [4.69, 9.17) is 4.42 Å². The Balaban J connectivity index is 1.49. The van der Waals surface area contributed by atoms with Crippen LogP contribution < -0.4 is 0 Å². The zero-order valence-corrected chi connectivity index (χ0v) is 14.5. The topological polar surface area (TPSA) is 53.8 Å². The van der Waals surface area contributed by atoms with Crippen molar-refractivity contribution in [1.29, 1.82) is 0 Å². The summed E-state index contributed by atoms with van der Waals surface area (Å²) in [7, 11) is 0. The Labute approximate surface area is 151 Å². The van der Waals surface area contributed by atoms with Crippen molar-refractivity contribution in [3.05, 3.63) is 59.8 Å². The van der Waals surface area contributed by atoms with Crippen molar-refractivity contribution in [3.63, 3.8) is 0 Å². The predicted octanol–water partition coefficient (Wildman–Crippen LogP) is 3.07. The van der Waals surface area contributed by atoms with Crippen molar-refractivity contribution in [2.45, 2.75) is 25.8 Å². The van der Waals surface area contributed by atoms with Crippen molar-refractivity contribution in [2.24, 2.45) is 5.41 Å². The maximum Gasteiger partial charge on any atom is 0.257 e. The molecule has 2 amide bonds. The molecular weight excluding hydrogens is 335 g/mol. The van der Waals surface area contributed by atoms with Crippen molar-refractivity contribution in [1.82, 2.24) is 9.80 Å². The van der Waals surface area contributed by atoms with Crippen LogP contribution in [0, 0.1) is 11.2 Å². The van der Waals surface area contributed by atoms with Crippen LogP contribution >= 0.6 is 0 Å². The molecule has 4 rings (SSSR count). The maximum atomic E-state index is 14.0. The van der Waals surface area contributed by atoms with Gasteiger partial charge in [-0.3, -0.25) is 9.59 Å². The van der Waals surface area contributed by atoms with Crippen LogP contribution in [0.2, 0.25) is 0 Å². The van der Waals surface area contributed by atoms with Crippen LogP contribution in [-0.2, 0) is 11.3 Å². The Morgan fingerprint density at radius 1 is 1.19 bits per heavy atom. The summed E-state index contributed by atoms with van der Waals surface area (Å²) in [6.45, 7) is 1.89. The minimum absolute atomic E-state index is 0.0366. The monoisotopic (exact) mass is 356 g/mol. The molecule has 3 heterocycles. The van der Waals surface area contributed by atoms with E-state index in [1.54, 1.807) is 34.1 Å². The van der Waals surface area contributed by atoms with Gasteiger partial charge in [0.2, 0.25) is 5.91 Å². The van der Waals surface area contributed by atoms with Crippen LogP contribution in [0.1, 0.15) is 35.2 Å². The minimum Gasteiger partial charge on any atom is -0.472 e. The summed E-state index contributed by atoms with van der Waals surface area (Å²) in [5, 5.41) is 0. The molecule has 1 aromatic heterocycles. The van der Waals surface area contributed by atoms with E-state index in [0.717, 1.165) is 12.8 Å². The van der Waals surface area contributed by atoms with Crippen LogP contribution in [0.5, 0.6) is 0 Å². The van der Waals surface area contributed by atoms with Gasteiger partial charge < -0.3 is 14.2 Å². The Bertz CT molecular complexity index is 820. The predicted molar refractivity (Wildman–Crippen MR) is 92.7 cm³/mol. The molecule has 2 aliphatic heterocycles. The van der Waals surface area contributed by atoms with Gasteiger partial charge in [0.1, 0.15) is 12.1 Å². The van der Waals surface area contributed by atoms with Crippen molar-refractivity contribution < 1.29 is 18.4 Å². The van der Waals surface area contributed by atoms with Gasteiger partial charge in [0, 0.05) is 31.7 Å². The van der Waals surface area contributed by atoms with E-state index in [1.165, 1.54) is 18.6 Å². The fourth-order valence-corrected chi connectivity index (χ4v) is 4.13. The van der Waals surface area contributed by atoms with E-state index in [2.05, 4.69) is 0 Å². The van der Waals surface area contributed by atoms with Crippen LogP contribution in [0.25, 0.3) is 0 Å². The summed E-state index contributed by atoms with van der Waals surface area (Å²) < 4.78 is 19.0. The molecule has 1 spiro atoms. The third-order valence-electron chi connectivity index (χ3n) is 5.55. The van der Waals surface area contributed by atoms with Crippen molar-refractivity contribution >= 4 is 11.8 Å². The molecule has 1 atom stereocenters. The highest BCUT2D eigenvalue weighted by molar-refractivity contribution is 5.95. The van der Waals surface area contributed by atoms with Gasteiger partial charge in [-0.1, -0.05) is 18.2 Å². The van der Waals surface area contributed by atoms with Gasteiger partial charge in [0.15, 0.2) is 0 Å². The normalized spacial score (nSPS) is 23.0. The zero-order valence-electron chi connectivity index (χ0n) is 14.5. The summed E-state index contributed by atoms with van der Waals surface area (Å²) in [4.78, 5) is 29.2. The number of likely N-dealkylation sites (tertiary alicyclic amines) is 2. The number of carbonyl (C=O) groups is 2. The van der Waals surface area contributed by atoms with Gasteiger partial charge in [-0.05, 0) is 31.4 Å². The fourth-order valence-electron chi connectivity index (χ4n) is 4.13. The molecule has 2 fully saturated rings. The molecule has 2 aromatic rings. The number of halogens is 1. The molecule has 136 valence electrons. The third kappa shape index (κ3) is 2.89. The molecule has 1 aromatic carbocycles. The quantitative estimate of drug-likeness (QED) is 0.849. The highest BCUT2D eigenvalue weighted by atomic mass is 19.1. The fraction of sp³-hybridized carbons (Fsp3) is 0.400. The number of hydrogen-bond donors (Lipinski definition) is 0. The second kappa shape index (κ2) is 6.59. The lowest BCUT2D eigenvalue weighted by molar-refractivity contribution is -0.146. The molecule has 2 aliphatic rings. The Morgan fingerprint density at radius 3 is 2.81 bits per heavy atom. The van der Waals surface area contributed by atoms with Gasteiger partial charge in [0.05, 0.1) is 17.2 Å². The first-order valence-electron chi connectivity index (χ1n) is 8.93. The number of benzene rings is 1. The standard InChI is InChI=1S/C20H21FN2O3/c21-17-5-2-1-4-15(17)12-22-9-3-7-20(19(22)25)8-10-23(14-20)18(24)16-6-11-26-13-16/h1-2,4-6,11,13H,3,7-10,12,14H2/t20-/m1/s1. The smallest absolute Gasteiger partial charge is 0.257 e. The van der Waals surface area contributed by atoms with E-state index in [0.29, 0.717) is 37.2 Å². The molecule has 0 N–H and O–H groups in total. The lowest BCUT2D eigenvalue weighted by Gasteiger charge is -2.39. The van der Waals surface area contributed by atoms with E-state index in [-0.39, 0.29) is 24.2 Å². The van der Waals surface area contributed by atoms with Crippen LogP contribution in [0.3, 0.4) is 0 Å². The minimum atomic E-state index is -0.539. The zero-order chi connectivity index (χ0) is 18.1. The highest BCUT2D eigenvalue weighted by Crippen LogP contribution is 2.41. The molecule has 0 bridgehead atoms. The Hall–Kier alpha value is -2.63. The second-order valence-electron chi connectivity index (χ2n) is 7.19. The molecule has 26 heavy (non-hydrogen) atoms. The van der Waals surface area contributed by atoms with E-state index >= 15 is 0 Å². The molecule has 5 nitrogen and oxygen atoms in total. The number of carbonyl (C=O) groups excluding carboxylic acids is 2. The van der Waals surface area contributed by atoms with Crippen LogP contribution in [-0.4, -0.2) is 41.2 Å². The second-order valence-corrected chi connectivity index (χ2v) is 7.19. The first-order chi connectivity index (χ1) is 12.6. The number of amides is 2. The molecule has 0 unspecified atom stereocenters. The number of rotatable bonds is 3. The molecule has 6 heteroatoms. The Morgan fingerprint density at radius 2 is 2.04 bits per heavy atom. The van der Waals surface area contributed by atoms with Crippen molar-refractivity contribution in [3.8, 4) is 0 Å². The molecule has 0 saturated carbocycles. The first kappa shape index (κ1) is 16.8. The van der Waals surface area contributed by atoms with Gasteiger partial charge in [-0.2, -0.15) is 0 Å². The van der Waals surface area contributed by atoms with E-state index in [9.17, 15) is 14.0 Å². The van der Waals surface area contributed by atoms with E-state index in [1.807, 2.05) is 0 Å². The molecular formula is C20H21FN2O3. The third-order valence-corrected chi connectivity index (χ3v) is 5.55.